The minimum atomic E-state index is 0.499. The number of ether oxygens (including phenoxy) is 3. The summed E-state index contributed by atoms with van der Waals surface area (Å²) >= 11 is 0. The molecule has 2 N–H and O–H groups in total. The predicted molar refractivity (Wildman–Crippen MR) is 98.9 cm³/mol. The standard InChI is InChI=1S/C18H24N4O3/c1-4-24-17-12-14(7-8-16(17)23-3)22-18(19-2)21-10-11-25-15-6-5-9-20-13-15/h5-9,12-13H,4,10-11H2,1-3H3,(H2,19,21,22). The van der Waals surface area contributed by atoms with Crippen molar-refractivity contribution in [1.29, 1.82) is 0 Å². The molecule has 7 heteroatoms. The Bertz CT molecular complexity index is 677. The Balaban J connectivity index is 1.86. The van der Waals surface area contributed by atoms with Crippen LogP contribution in [0, 0.1) is 0 Å². The molecule has 0 aliphatic carbocycles. The molecule has 0 spiro atoms. The second-order valence-corrected chi connectivity index (χ2v) is 4.96. The molecule has 2 rings (SSSR count). The molecule has 0 aliphatic heterocycles. The average molecular weight is 344 g/mol. The normalized spacial score (nSPS) is 10.9. The van der Waals surface area contributed by atoms with Crippen LogP contribution in [0.25, 0.3) is 0 Å². The number of aliphatic imine (C=N–C) groups is 1. The van der Waals surface area contributed by atoms with Crippen LogP contribution in [0.5, 0.6) is 17.2 Å². The summed E-state index contributed by atoms with van der Waals surface area (Å²) in [6.45, 7) is 3.60. The van der Waals surface area contributed by atoms with Crippen LogP contribution < -0.4 is 24.8 Å². The summed E-state index contributed by atoms with van der Waals surface area (Å²) in [6, 6.07) is 9.34. The zero-order valence-corrected chi connectivity index (χ0v) is 14.8. The molecule has 0 saturated heterocycles. The third-order valence-electron chi connectivity index (χ3n) is 3.25. The molecule has 1 heterocycles. The number of aromatic nitrogens is 1. The number of pyridine rings is 1. The summed E-state index contributed by atoms with van der Waals surface area (Å²) in [5, 5.41) is 6.40. The molecule has 25 heavy (non-hydrogen) atoms. The first-order valence-electron chi connectivity index (χ1n) is 8.08. The maximum Gasteiger partial charge on any atom is 0.195 e. The largest absolute Gasteiger partial charge is 0.493 e. The van der Waals surface area contributed by atoms with E-state index in [2.05, 4.69) is 20.6 Å². The number of methoxy groups -OCH3 is 1. The molecule has 2 aromatic rings. The first-order valence-corrected chi connectivity index (χ1v) is 8.08. The van der Waals surface area contributed by atoms with Gasteiger partial charge < -0.3 is 24.8 Å². The van der Waals surface area contributed by atoms with Crippen LogP contribution in [-0.2, 0) is 0 Å². The van der Waals surface area contributed by atoms with E-state index in [4.69, 9.17) is 14.2 Å². The molecule has 0 bridgehead atoms. The molecule has 7 nitrogen and oxygen atoms in total. The Hall–Kier alpha value is -2.96. The van der Waals surface area contributed by atoms with E-state index in [1.165, 1.54) is 0 Å². The Morgan fingerprint density at radius 1 is 1.20 bits per heavy atom. The van der Waals surface area contributed by atoms with E-state index in [1.807, 2.05) is 37.3 Å². The molecule has 0 unspecified atom stereocenters. The fraction of sp³-hybridized carbons (Fsp3) is 0.333. The van der Waals surface area contributed by atoms with Gasteiger partial charge in [0.1, 0.15) is 12.4 Å². The van der Waals surface area contributed by atoms with Crippen molar-refractivity contribution in [3.05, 3.63) is 42.7 Å². The van der Waals surface area contributed by atoms with Gasteiger partial charge in [-0.25, -0.2) is 0 Å². The fourth-order valence-electron chi connectivity index (χ4n) is 2.11. The highest BCUT2D eigenvalue weighted by atomic mass is 16.5. The van der Waals surface area contributed by atoms with Crippen LogP contribution >= 0.6 is 0 Å². The van der Waals surface area contributed by atoms with E-state index in [9.17, 15) is 0 Å². The lowest BCUT2D eigenvalue weighted by molar-refractivity contribution is 0.311. The Morgan fingerprint density at radius 2 is 2.08 bits per heavy atom. The highest BCUT2D eigenvalue weighted by molar-refractivity contribution is 5.93. The van der Waals surface area contributed by atoms with Gasteiger partial charge >= 0.3 is 0 Å². The van der Waals surface area contributed by atoms with Gasteiger partial charge in [-0.05, 0) is 31.2 Å². The van der Waals surface area contributed by atoms with Crippen LogP contribution in [0.4, 0.5) is 5.69 Å². The molecule has 0 atom stereocenters. The number of anilines is 1. The van der Waals surface area contributed by atoms with Crippen LogP contribution in [0.1, 0.15) is 6.92 Å². The fourth-order valence-corrected chi connectivity index (χ4v) is 2.11. The lowest BCUT2D eigenvalue weighted by atomic mass is 10.2. The van der Waals surface area contributed by atoms with Gasteiger partial charge in [-0.15, -0.1) is 0 Å². The molecule has 134 valence electrons. The summed E-state index contributed by atoms with van der Waals surface area (Å²) in [5.74, 6) is 2.76. The minimum absolute atomic E-state index is 0.499. The van der Waals surface area contributed by atoms with Gasteiger partial charge in [-0.1, -0.05) is 0 Å². The second-order valence-electron chi connectivity index (χ2n) is 4.96. The van der Waals surface area contributed by atoms with Crippen molar-refractivity contribution in [3.8, 4) is 17.2 Å². The van der Waals surface area contributed by atoms with Crippen molar-refractivity contribution in [2.45, 2.75) is 6.92 Å². The van der Waals surface area contributed by atoms with Crippen molar-refractivity contribution < 1.29 is 14.2 Å². The quantitative estimate of drug-likeness (QED) is 0.435. The molecule has 0 amide bonds. The van der Waals surface area contributed by atoms with Gasteiger partial charge in [0, 0.05) is 25.0 Å². The molecular formula is C18H24N4O3. The van der Waals surface area contributed by atoms with Gasteiger partial charge in [0.05, 0.1) is 26.5 Å². The number of nitrogens with one attached hydrogen (secondary N) is 2. The van der Waals surface area contributed by atoms with E-state index in [1.54, 1.807) is 26.6 Å². The summed E-state index contributed by atoms with van der Waals surface area (Å²) in [6.07, 6.45) is 3.39. The number of rotatable bonds is 8. The van der Waals surface area contributed by atoms with E-state index in [0.29, 0.717) is 37.2 Å². The average Bonchev–Trinajstić information content (AvgIpc) is 2.65. The maximum absolute atomic E-state index is 5.59. The molecule has 1 aromatic carbocycles. The topological polar surface area (TPSA) is 77.0 Å². The van der Waals surface area contributed by atoms with Crippen molar-refractivity contribution >= 4 is 11.6 Å². The number of benzene rings is 1. The smallest absolute Gasteiger partial charge is 0.195 e. The van der Waals surface area contributed by atoms with Crippen molar-refractivity contribution in [3.63, 3.8) is 0 Å². The third kappa shape index (κ3) is 5.87. The molecule has 1 aromatic heterocycles. The Labute approximate surface area is 148 Å². The SMILES string of the molecule is CCOc1cc(NC(=NC)NCCOc2cccnc2)ccc1OC. The van der Waals surface area contributed by atoms with E-state index < -0.39 is 0 Å². The van der Waals surface area contributed by atoms with E-state index >= 15 is 0 Å². The molecular weight excluding hydrogens is 320 g/mol. The lowest BCUT2D eigenvalue weighted by Crippen LogP contribution is -2.33. The number of hydrogen-bond acceptors (Lipinski definition) is 5. The summed E-state index contributed by atoms with van der Waals surface area (Å²) in [5.41, 5.74) is 0.852. The van der Waals surface area contributed by atoms with Crippen LogP contribution in [0.3, 0.4) is 0 Å². The van der Waals surface area contributed by atoms with Crippen LogP contribution in [0.15, 0.2) is 47.7 Å². The third-order valence-corrected chi connectivity index (χ3v) is 3.25. The predicted octanol–water partition coefficient (Wildman–Crippen LogP) is 2.56. The first kappa shape index (κ1) is 18.4. The van der Waals surface area contributed by atoms with E-state index in [-0.39, 0.29) is 0 Å². The lowest BCUT2D eigenvalue weighted by Gasteiger charge is -2.15. The van der Waals surface area contributed by atoms with Gasteiger partial charge in [-0.3, -0.25) is 9.98 Å². The zero-order valence-electron chi connectivity index (χ0n) is 14.8. The number of hydrogen-bond donors (Lipinski definition) is 2. The Morgan fingerprint density at radius 3 is 2.76 bits per heavy atom. The Kier molecular flexibility index (Phi) is 7.37. The minimum Gasteiger partial charge on any atom is -0.493 e. The monoisotopic (exact) mass is 344 g/mol. The van der Waals surface area contributed by atoms with Crippen LogP contribution in [0.2, 0.25) is 0 Å². The zero-order chi connectivity index (χ0) is 17.9. The summed E-state index contributed by atoms with van der Waals surface area (Å²) in [7, 11) is 3.33. The van der Waals surface area contributed by atoms with Gasteiger partial charge in [0.15, 0.2) is 17.5 Å². The highest BCUT2D eigenvalue weighted by Gasteiger charge is 2.07. The molecule has 0 saturated carbocycles. The number of guanidine groups is 1. The molecule has 0 aliphatic rings. The second kappa shape index (κ2) is 10.0. The summed E-state index contributed by atoms with van der Waals surface area (Å²) < 4.78 is 16.5. The van der Waals surface area contributed by atoms with Crippen molar-refractivity contribution in [2.24, 2.45) is 4.99 Å². The molecule has 0 fully saturated rings. The van der Waals surface area contributed by atoms with Gasteiger partial charge in [-0.2, -0.15) is 0 Å². The van der Waals surface area contributed by atoms with E-state index in [0.717, 1.165) is 11.4 Å². The maximum atomic E-state index is 5.59. The van der Waals surface area contributed by atoms with Crippen LogP contribution in [-0.4, -0.2) is 44.9 Å². The first-order chi connectivity index (χ1) is 12.3. The molecule has 0 radical (unpaired) electrons. The highest BCUT2D eigenvalue weighted by Crippen LogP contribution is 2.30. The summed E-state index contributed by atoms with van der Waals surface area (Å²) in [4.78, 5) is 8.20. The van der Waals surface area contributed by atoms with Gasteiger partial charge in [0.2, 0.25) is 0 Å². The van der Waals surface area contributed by atoms with Gasteiger partial charge in [0.25, 0.3) is 0 Å². The number of nitrogens with zero attached hydrogens (tertiary/aromatic N) is 2. The van der Waals surface area contributed by atoms with Crippen molar-refractivity contribution in [1.82, 2.24) is 10.3 Å². The van der Waals surface area contributed by atoms with Crippen molar-refractivity contribution in [2.75, 3.05) is 39.2 Å².